The van der Waals surface area contributed by atoms with Crippen molar-refractivity contribution in [3.63, 3.8) is 0 Å². The third-order valence-electron chi connectivity index (χ3n) is 2.17. The van der Waals surface area contributed by atoms with Gasteiger partial charge in [0.1, 0.15) is 5.82 Å². The standard InChI is InChI=1S/C11H8F4N2/c1-6(5-16)10(17)7-3-2-4-8(9(7)12)11(13,14)15/h2-4H,17H2,1H3/b10-6-. The fourth-order valence-corrected chi connectivity index (χ4v) is 1.22. The third kappa shape index (κ3) is 2.56. The van der Waals surface area contributed by atoms with Gasteiger partial charge in [0.25, 0.3) is 0 Å². The molecule has 0 unspecified atom stereocenters. The predicted octanol–water partition coefficient (Wildman–Crippen LogP) is 3.06. The van der Waals surface area contributed by atoms with E-state index < -0.39 is 23.1 Å². The maximum atomic E-state index is 13.6. The number of allylic oxidation sites excluding steroid dienone is 1. The van der Waals surface area contributed by atoms with Crippen LogP contribution in [0, 0.1) is 17.1 Å². The fourth-order valence-electron chi connectivity index (χ4n) is 1.22. The number of alkyl halides is 3. The number of hydrogen-bond donors (Lipinski definition) is 1. The Labute approximate surface area is 95.0 Å². The molecule has 6 heteroatoms. The highest BCUT2D eigenvalue weighted by Gasteiger charge is 2.35. The van der Waals surface area contributed by atoms with Gasteiger partial charge in [0.05, 0.1) is 22.9 Å². The van der Waals surface area contributed by atoms with E-state index in [1.54, 1.807) is 6.07 Å². The Bertz CT molecular complexity index is 509. The van der Waals surface area contributed by atoms with Crippen LogP contribution in [0.2, 0.25) is 0 Å². The summed E-state index contributed by atoms with van der Waals surface area (Å²) in [4.78, 5) is 0. The van der Waals surface area contributed by atoms with Crippen molar-refractivity contribution in [2.75, 3.05) is 0 Å². The molecule has 0 aliphatic carbocycles. The predicted molar refractivity (Wildman–Crippen MR) is 53.8 cm³/mol. The monoisotopic (exact) mass is 244 g/mol. The summed E-state index contributed by atoms with van der Waals surface area (Å²) in [6, 6.07) is 4.41. The van der Waals surface area contributed by atoms with Crippen LogP contribution >= 0.6 is 0 Å². The molecule has 0 fully saturated rings. The SMILES string of the molecule is C/C(C#N)=C(/N)c1cccc(C(F)(F)F)c1F. The van der Waals surface area contributed by atoms with E-state index >= 15 is 0 Å². The lowest BCUT2D eigenvalue weighted by Gasteiger charge is -2.11. The quantitative estimate of drug-likeness (QED) is 0.609. The molecule has 0 aliphatic heterocycles. The first-order chi connectivity index (χ1) is 7.79. The van der Waals surface area contributed by atoms with E-state index in [1.807, 2.05) is 0 Å². The van der Waals surface area contributed by atoms with Crippen molar-refractivity contribution in [1.82, 2.24) is 0 Å². The second kappa shape index (κ2) is 4.45. The van der Waals surface area contributed by atoms with Crippen LogP contribution in [0.4, 0.5) is 17.6 Å². The van der Waals surface area contributed by atoms with Crippen molar-refractivity contribution >= 4 is 5.70 Å². The zero-order chi connectivity index (χ0) is 13.2. The van der Waals surface area contributed by atoms with Gasteiger partial charge in [-0.3, -0.25) is 0 Å². The average Bonchev–Trinajstić information content (AvgIpc) is 2.25. The molecule has 0 aromatic heterocycles. The van der Waals surface area contributed by atoms with Crippen LogP contribution < -0.4 is 5.73 Å². The van der Waals surface area contributed by atoms with Gasteiger partial charge in [0.2, 0.25) is 0 Å². The van der Waals surface area contributed by atoms with Gasteiger partial charge in [0.15, 0.2) is 0 Å². The van der Waals surface area contributed by atoms with Crippen molar-refractivity contribution in [3.8, 4) is 6.07 Å². The minimum Gasteiger partial charge on any atom is -0.397 e. The molecule has 0 radical (unpaired) electrons. The van der Waals surface area contributed by atoms with Crippen LogP contribution in [0.25, 0.3) is 5.70 Å². The van der Waals surface area contributed by atoms with E-state index in [-0.39, 0.29) is 11.3 Å². The largest absolute Gasteiger partial charge is 0.419 e. The Morgan fingerprint density at radius 3 is 2.41 bits per heavy atom. The molecule has 1 aromatic carbocycles. The summed E-state index contributed by atoms with van der Waals surface area (Å²) in [5, 5.41) is 8.55. The van der Waals surface area contributed by atoms with E-state index in [1.165, 1.54) is 6.92 Å². The highest BCUT2D eigenvalue weighted by Crippen LogP contribution is 2.33. The zero-order valence-electron chi connectivity index (χ0n) is 8.77. The van der Waals surface area contributed by atoms with E-state index in [4.69, 9.17) is 11.0 Å². The van der Waals surface area contributed by atoms with E-state index in [0.717, 1.165) is 12.1 Å². The molecule has 0 bridgehead atoms. The number of halogens is 4. The normalized spacial score (nSPS) is 12.9. The molecule has 0 atom stereocenters. The summed E-state index contributed by atoms with van der Waals surface area (Å²) in [7, 11) is 0. The van der Waals surface area contributed by atoms with Crippen molar-refractivity contribution in [2.24, 2.45) is 5.73 Å². The summed E-state index contributed by atoms with van der Waals surface area (Å²) < 4.78 is 50.8. The lowest BCUT2D eigenvalue weighted by atomic mass is 10.0. The Balaban J connectivity index is 3.46. The van der Waals surface area contributed by atoms with Crippen LogP contribution in [-0.2, 0) is 6.18 Å². The first-order valence-corrected chi connectivity index (χ1v) is 4.51. The first kappa shape index (κ1) is 13.0. The summed E-state index contributed by atoms with van der Waals surface area (Å²) in [5.41, 5.74) is 3.26. The van der Waals surface area contributed by atoms with Crippen molar-refractivity contribution in [1.29, 1.82) is 5.26 Å². The molecule has 1 aromatic rings. The van der Waals surface area contributed by atoms with Gasteiger partial charge < -0.3 is 5.73 Å². The Morgan fingerprint density at radius 1 is 1.35 bits per heavy atom. The molecular weight excluding hydrogens is 236 g/mol. The molecule has 0 heterocycles. The van der Waals surface area contributed by atoms with Gasteiger partial charge in [-0.15, -0.1) is 0 Å². The second-order valence-electron chi connectivity index (χ2n) is 3.32. The van der Waals surface area contributed by atoms with Crippen LogP contribution in [0.3, 0.4) is 0 Å². The third-order valence-corrected chi connectivity index (χ3v) is 2.17. The maximum absolute atomic E-state index is 13.6. The number of hydrogen-bond acceptors (Lipinski definition) is 2. The van der Waals surface area contributed by atoms with Gasteiger partial charge in [-0.25, -0.2) is 4.39 Å². The molecule has 2 nitrogen and oxygen atoms in total. The average molecular weight is 244 g/mol. The van der Waals surface area contributed by atoms with Gasteiger partial charge in [-0.1, -0.05) is 6.07 Å². The molecule has 17 heavy (non-hydrogen) atoms. The number of nitrogens with two attached hydrogens (primary N) is 1. The van der Waals surface area contributed by atoms with E-state index in [9.17, 15) is 17.6 Å². The summed E-state index contributed by atoms with van der Waals surface area (Å²) in [6.45, 7) is 1.30. The maximum Gasteiger partial charge on any atom is 0.419 e. The molecule has 1 rings (SSSR count). The number of rotatable bonds is 1. The summed E-state index contributed by atoms with van der Waals surface area (Å²) >= 11 is 0. The fraction of sp³-hybridized carbons (Fsp3) is 0.182. The van der Waals surface area contributed by atoms with Crippen molar-refractivity contribution < 1.29 is 17.6 Å². The molecular formula is C11H8F4N2. The second-order valence-corrected chi connectivity index (χ2v) is 3.32. The highest BCUT2D eigenvalue weighted by molar-refractivity contribution is 5.69. The van der Waals surface area contributed by atoms with Crippen LogP contribution in [-0.4, -0.2) is 0 Å². The zero-order valence-corrected chi connectivity index (χ0v) is 8.77. The smallest absolute Gasteiger partial charge is 0.397 e. The molecule has 0 saturated heterocycles. The van der Waals surface area contributed by atoms with E-state index in [0.29, 0.717) is 6.07 Å². The van der Waals surface area contributed by atoms with Crippen molar-refractivity contribution in [3.05, 3.63) is 40.7 Å². The van der Waals surface area contributed by atoms with Gasteiger partial charge in [-0.05, 0) is 19.1 Å². The Kier molecular flexibility index (Phi) is 3.42. The van der Waals surface area contributed by atoms with Crippen LogP contribution in [0.15, 0.2) is 23.8 Å². The molecule has 90 valence electrons. The first-order valence-electron chi connectivity index (χ1n) is 4.51. The summed E-state index contributed by atoms with van der Waals surface area (Å²) in [6.07, 6.45) is -4.79. The van der Waals surface area contributed by atoms with Gasteiger partial charge in [0, 0.05) is 5.56 Å². The molecule has 0 aliphatic rings. The topological polar surface area (TPSA) is 49.8 Å². The van der Waals surface area contributed by atoms with Gasteiger partial charge >= 0.3 is 6.18 Å². The lowest BCUT2D eigenvalue weighted by molar-refractivity contribution is -0.140. The molecule has 0 spiro atoms. The number of benzene rings is 1. The summed E-state index contributed by atoms with van der Waals surface area (Å²) in [5.74, 6) is -1.47. The van der Waals surface area contributed by atoms with Gasteiger partial charge in [-0.2, -0.15) is 18.4 Å². The van der Waals surface area contributed by atoms with Crippen molar-refractivity contribution in [2.45, 2.75) is 13.1 Å². The Hall–Kier alpha value is -2.03. The lowest BCUT2D eigenvalue weighted by Crippen LogP contribution is -2.11. The highest BCUT2D eigenvalue weighted by atomic mass is 19.4. The van der Waals surface area contributed by atoms with Crippen LogP contribution in [0.5, 0.6) is 0 Å². The molecule has 0 saturated carbocycles. The Morgan fingerprint density at radius 2 is 1.94 bits per heavy atom. The van der Waals surface area contributed by atoms with Crippen LogP contribution in [0.1, 0.15) is 18.1 Å². The number of nitriles is 1. The van der Waals surface area contributed by atoms with E-state index in [2.05, 4.69) is 0 Å². The number of nitrogens with zero attached hydrogens (tertiary/aromatic N) is 1. The minimum atomic E-state index is -4.79. The molecule has 0 amide bonds. The minimum absolute atomic E-state index is 0.0387. The molecule has 2 N–H and O–H groups in total.